The van der Waals surface area contributed by atoms with Gasteiger partial charge in [0.05, 0.1) is 0 Å². The van der Waals surface area contributed by atoms with E-state index in [0.29, 0.717) is 17.5 Å². The molecular formula is C48H35N3. The van der Waals surface area contributed by atoms with Gasteiger partial charge in [-0.15, -0.1) is 0 Å². The molecule has 0 fully saturated rings. The molecule has 1 aliphatic rings. The monoisotopic (exact) mass is 653 g/mol. The molecule has 9 rings (SSSR count). The van der Waals surface area contributed by atoms with Crippen LogP contribution in [0.25, 0.3) is 78.7 Å². The molecule has 8 aromatic rings. The van der Waals surface area contributed by atoms with Crippen LogP contribution in [-0.2, 0) is 5.41 Å². The Hall–Kier alpha value is -6.45. The van der Waals surface area contributed by atoms with E-state index in [1.165, 1.54) is 33.4 Å². The van der Waals surface area contributed by atoms with Crippen molar-refractivity contribution in [3.05, 3.63) is 187 Å². The molecule has 7 aromatic carbocycles. The van der Waals surface area contributed by atoms with Gasteiger partial charge in [-0.1, -0.05) is 190 Å². The van der Waals surface area contributed by atoms with Crippen molar-refractivity contribution in [1.82, 2.24) is 15.0 Å². The van der Waals surface area contributed by atoms with E-state index >= 15 is 0 Å². The van der Waals surface area contributed by atoms with Crippen LogP contribution in [0.5, 0.6) is 0 Å². The molecule has 51 heavy (non-hydrogen) atoms. The molecule has 0 amide bonds. The number of fused-ring (bicyclic) bond motifs is 3. The van der Waals surface area contributed by atoms with Crippen molar-refractivity contribution >= 4 is 0 Å². The highest BCUT2D eigenvalue weighted by molar-refractivity contribution is 5.93. The highest BCUT2D eigenvalue weighted by atomic mass is 15.0. The Morgan fingerprint density at radius 2 is 0.686 bits per heavy atom. The van der Waals surface area contributed by atoms with Crippen LogP contribution in [0.4, 0.5) is 0 Å². The molecule has 0 bridgehead atoms. The van der Waals surface area contributed by atoms with Crippen molar-refractivity contribution in [2.24, 2.45) is 0 Å². The van der Waals surface area contributed by atoms with Crippen molar-refractivity contribution in [3.8, 4) is 78.7 Å². The maximum absolute atomic E-state index is 5.19. The highest BCUT2D eigenvalue weighted by Gasteiger charge is 2.36. The van der Waals surface area contributed by atoms with Crippen LogP contribution in [0, 0.1) is 0 Å². The average Bonchev–Trinajstić information content (AvgIpc) is 3.44. The molecule has 3 heteroatoms. The summed E-state index contributed by atoms with van der Waals surface area (Å²) in [7, 11) is 0. The standard InChI is InChI=1S/C48H35N3/c1-48(2)42-26-14-13-24-41(42)44-38(25-15-27-43(44)48)34-28-30-35(31-29-34)45-49-46(39-22-11-9-20-36(39)32-16-5-3-6-17-32)51-47(50-45)40-23-12-10-21-37(40)33-18-7-4-8-19-33/h3-31H,1-2H3. The normalized spacial score (nSPS) is 12.7. The van der Waals surface area contributed by atoms with Gasteiger partial charge in [-0.3, -0.25) is 0 Å². The molecule has 0 saturated heterocycles. The van der Waals surface area contributed by atoms with Crippen LogP contribution in [0.1, 0.15) is 25.0 Å². The molecule has 0 N–H and O–H groups in total. The average molecular weight is 654 g/mol. The predicted octanol–water partition coefficient (Wildman–Crippen LogP) is 12.2. The lowest BCUT2D eigenvalue weighted by Gasteiger charge is -2.21. The molecule has 242 valence electrons. The summed E-state index contributed by atoms with van der Waals surface area (Å²) >= 11 is 0. The van der Waals surface area contributed by atoms with Gasteiger partial charge in [0.15, 0.2) is 17.5 Å². The Balaban J connectivity index is 1.20. The summed E-state index contributed by atoms with van der Waals surface area (Å²) in [4.78, 5) is 15.5. The minimum Gasteiger partial charge on any atom is -0.208 e. The number of hydrogen-bond acceptors (Lipinski definition) is 3. The van der Waals surface area contributed by atoms with E-state index in [1.807, 2.05) is 12.1 Å². The minimum absolute atomic E-state index is 0.0500. The fraction of sp³-hybridized carbons (Fsp3) is 0.0625. The smallest absolute Gasteiger partial charge is 0.164 e. The molecule has 1 aliphatic carbocycles. The Bertz CT molecular complexity index is 2430. The van der Waals surface area contributed by atoms with Gasteiger partial charge in [0.1, 0.15) is 0 Å². The van der Waals surface area contributed by atoms with Gasteiger partial charge in [-0.05, 0) is 55.6 Å². The van der Waals surface area contributed by atoms with E-state index in [-0.39, 0.29) is 5.41 Å². The maximum Gasteiger partial charge on any atom is 0.164 e. The van der Waals surface area contributed by atoms with E-state index < -0.39 is 0 Å². The van der Waals surface area contributed by atoms with Crippen LogP contribution >= 0.6 is 0 Å². The molecule has 0 radical (unpaired) electrons. The Labute approximate surface area is 299 Å². The second-order valence-corrected chi connectivity index (χ2v) is 13.6. The lowest BCUT2D eigenvalue weighted by atomic mass is 9.82. The van der Waals surface area contributed by atoms with Crippen molar-refractivity contribution in [2.75, 3.05) is 0 Å². The summed E-state index contributed by atoms with van der Waals surface area (Å²) in [5, 5.41) is 0. The fourth-order valence-electron chi connectivity index (χ4n) is 7.63. The summed E-state index contributed by atoms with van der Waals surface area (Å²) in [6, 6.07) is 61.8. The molecular weight excluding hydrogens is 619 g/mol. The van der Waals surface area contributed by atoms with Crippen LogP contribution in [0.15, 0.2) is 176 Å². The summed E-state index contributed by atoms with van der Waals surface area (Å²) < 4.78 is 0. The van der Waals surface area contributed by atoms with Crippen LogP contribution in [0.2, 0.25) is 0 Å². The number of hydrogen-bond donors (Lipinski definition) is 0. The van der Waals surface area contributed by atoms with E-state index in [2.05, 4.69) is 178 Å². The van der Waals surface area contributed by atoms with Gasteiger partial charge in [0, 0.05) is 22.1 Å². The topological polar surface area (TPSA) is 38.7 Å². The lowest BCUT2D eigenvalue weighted by molar-refractivity contribution is 0.660. The number of aromatic nitrogens is 3. The van der Waals surface area contributed by atoms with Gasteiger partial charge < -0.3 is 0 Å². The van der Waals surface area contributed by atoms with Crippen LogP contribution in [0.3, 0.4) is 0 Å². The molecule has 3 nitrogen and oxygen atoms in total. The number of benzene rings is 7. The van der Waals surface area contributed by atoms with Crippen LogP contribution in [-0.4, -0.2) is 15.0 Å². The second-order valence-electron chi connectivity index (χ2n) is 13.6. The van der Waals surface area contributed by atoms with Crippen molar-refractivity contribution in [2.45, 2.75) is 19.3 Å². The van der Waals surface area contributed by atoms with Crippen molar-refractivity contribution < 1.29 is 0 Å². The van der Waals surface area contributed by atoms with Gasteiger partial charge in [0.2, 0.25) is 0 Å². The third kappa shape index (κ3) is 5.35. The SMILES string of the molecule is CC1(C)c2ccccc2-c2c(-c3ccc(-c4nc(-c5ccccc5-c5ccccc5)nc(-c5ccccc5-c5ccccc5)n4)cc3)cccc21. The number of nitrogens with zero attached hydrogens (tertiary/aromatic N) is 3. The molecule has 1 aromatic heterocycles. The minimum atomic E-state index is -0.0500. The molecule has 0 spiro atoms. The molecule has 0 saturated carbocycles. The van der Waals surface area contributed by atoms with E-state index in [4.69, 9.17) is 15.0 Å². The predicted molar refractivity (Wildman–Crippen MR) is 210 cm³/mol. The highest BCUT2D eigenvalue weighted by Crippen LogP contribution is 2.52. The van der Waals surface area contributed by atoms with Gasteiger partial charge in [-0.2, -0.15) is 0 Å². The first-order chi connectivity index (χ1) is 25.1. The third-order valence-electron chi connectivity index (χ3n) is 10.2. The third-order valence-corrected chi connectivity index (χ3v) is 10.2. The van der Waals surface area contributed by atoms with E-state index in [1.54, 1.807) is 0 Å². The summed E-state index contributed by atoms with van der Waals surface area (Å²) in [6.45, 7) is 4.65. The largest absolute Gasteiger partial charge is 0.208 e. The summed E-state index contributed by atoms with van der Waals surface area (Å²) in [5.41, 5.74) is 15.0. The Kier molecular flexibility index (Phi) is 7.48. The fourth-order valence-corrected chi connectivity index (χ4v) is 7.63. The van der Waals surface area contributed by atoms with Gasteiger partial charge in [0.25, 0.3) is 0 Å². The Morgan fingerprint density at radius 3 is 1.25 bits per heavy atom. The molecule has 0 aliphatic heterocycles. The summed E-state index contributed by atoms with van der Waals surface area (Å²) in [6.07, 6.45) is 0. The maximum atomic E-state index is 5.19. The lowest BCUT2D eigenvalue weighted by Crippen LogP contribution is -2.14. The van der Waals surface area contributed by atoms with E-state index in [9.17, 15) is 0 Å². The van der Waals surface area contributed by atoms with Gasteiger partial charge in [-0.25, -0.2) is 15.0 Å². The quantitative estimate of drug-likeness (QED) is 0.179. The zero-order valence-electron chi connectivity index (χ0n) is 28.6. The summed E-state index contributed by atoms with van der Waals surface area (Å²) in [5.74, 6) is 1.92. The first-order valence-corrected chi connectivity index (χ1v) is 17.5. The zero-order valence-corrected chi connectivity index (χ0v) is 28.6. The molecule has 0 atom stereocenters. The zero-order chi connectivity index (χ0) is 34.4. The first kappa shape index (κ1) is 30.6. The number of rotatable bonds is 6. The second kappa shape index (κ2) is 12.5. The van der Waals surface area contributed by atoms with Crippen molar-refractivity contribution in [3.63, 3.8) is 0 Å². The molecule has 0 unspecified atom stereocenters. The first-order valence-electron chi connectivity index (χ1n) is 17.5. The van der Waals surface area contributed by atoms with E-state index in [0.717, 1.165) is 38.9 Å². The van der Waals surface area contributed by atoms with Crippen molar-refractivity contribution in [1.29, 1.82) is 0 Å². The van der Waals surface area contributed by atoms with Gasteiger partial charge >= 0.3 is 0 Å². The Morgan fingerprint density at radius 1 is 0.294 bits per heavy atom. The van der Waals surface area contributed by atoms with Crippen LogP contribution < -0.4 is 0 Å². The molecule has 1 heterocycles.